The lowest BCUT2D eigenvalue weighted by atomic mass is 10.0. The molecule has 2 aliphatic rings. The molecule has 0 saturated carbocycles. The van der Waals surface area contributed by atoms with E-state index < -0.39 is 5.79 Å². The second kappa shape index (κ2) is 7.50. The second-order valence-electron chi connectivity index (χ2n) is 6.51. The molecule has 142 valence electrons. The van der Waals surface area contributed by atoms with E-state index in [1.54, 1.807) is 25.3 Å². The summed E-state index contributed by atoms with van der Waals surface area (Å²) >= 11 is 0. The van der Waals surface area contributed by atoms with Gasteiger partial charge in [-0.1, -0.05) is 12.1 Å². The summed E-state index contributed by atoms with van der Waals surface area (Å²) in [5.74, 6) is 0.577. The van der Waals surface area contributed by atoms with Gasteiger partial charge >= 0.3 is 0 Å². The van der Waals surface area contributed by atoms with Crippen molar-refractivity contribution in [3.8, 4) is 5.75 Å². The summed E-state index contributed by atoms with van der Waals surface area (Å²) in [4.78, 5) is 23.2. The number of piperidine rings is 1. The lowest BCUT2D eigenvalue weighted by Gasteiger charge is -2.38. The molecule has 3 heterocycles. The fourth-order valence-electron chi connectivity index (χ4n) is 3.44. The summed E-state index contributed by atoms with van der Waals surface area (Å²) in [6, 6.07) is 8.96. The highest BCUT2D eigenvalue weighted by Gasteiger charge is 2.40. The molecule has 0 radical (unpaired) electrons. The average Bonchev–Trinajstić information content (AvgIpc) is 3.17. The number of carbonyl (C=O) groups is 1. The van der Waals surface area contributed by atoms with E-state index in [0.717, 1.165) is 31.7 Å². The molecule has 8 heteroatoms. The third kappa shape index (κ3) is 3.72. The first-order valence-electron chi connectivity index (χ1n) is 8.98. The van der Waals surface area contributed by atoms with Gasteiger partial charge in [-0.25, -0.2) is 9.97 Å². The Morgan fingerprint density at radius 3 is 2.67 bits per heavy atom. The number of nitrogens with zero attached hydrogens (tertiary/aromatic N) is 3. The number of carbonyl (C=O) groups excluding carboxylic acids is 1. The lowest BCUT2D eigenvalue weighted by molar-refractivity contribution is -0.169. The number of methoxy groups -OCH3 is 1. The van der Waals surface area contributed by atoms with E-state index in [0.29, 0.717) is 30.3 Å². The predicted octanol–water partition coefficient (Wildman–Crippen LogP) is 2.08. The highest BCUT2D eigenvalue weighted by molar-refractivity contribution is 6.04. The molecule has 1 N–H and O–H groups in total. The zero-order valence-corrected chi connectivity index (χ0v) is 15.2. The van der Waals surface area contributed by atoms with E-state index in [9.17, 15) is 4.79 Å². The molecule has 1 spiro atoms. The third-order valence-electron chi connectivity index (χ3n) is 4.90. The number of nitrogens with one attached hydrogen (secondary N) is 1. The van der Waals surface area contributed by atoms with Crippen molar-refractivity contribution in [2.24, 2.45) is 0 Å². The average molecular weight is 370 g/mol. The van der Waals surface area contributed by atoms with Crippen molar-refractivity contribution in [2.45, 2.75) is 18.6 Å². The maximum Gasteiger partial charge on any atom is 0.274 e. The van der Waals surface area contributed by atoms with Crippen LogP contribution in [0.3, 0.4) is 0 Å². The van der Waals surface area contributed by atoms with Gasteiger partial charge in [-0.05, 0) is 12.1 Å². The summed E-state index contributed by atoms with van der Waals surface area (Å²) in [6.45, 7) is 2.82. The van der Waals surface area contributed by atoms with Gasteiger partial charge in [0.15, 0.2) is 5.79 Å². The van der Waals surface area contributed by atoms with Gasteiger partial charge in [0, 0.05) is 32.0 Å². The third-order valence-corrected chi connectivity index (χ3v) is 4.90. The van der Waals surface area contributed by atoms with Gasteiger partial charge in [0.25, 0.3) is 5.91 Å². The van der Waals surface area contributed by atoms with E-state index in [2.05, 4.69) is 20.2 Å². The first-order valence-corrected chi connectivity index (χ1v) is 8.98. The number of hydrogen-bond acceptors (Lipinski definition) is 7. The number of anilines is 2. The zero-order valence-electron chi connectivity index (χ0n) is 15.2. The monoisotopic (exact) mass is 370 g/mol. The minimum Gasteiger partial charge on any atom is -0.495 e. The number of hydrogen-bond donors (Lipinski definition) is 1. The maximum atomic E-state index is 12.6. The lowest BCUT2D eigenvalue weighted by Crippen LogP contribution is -2.45. The van der Waals surface area contributed by atoms with Gasteiger partial charge in [-0.2, -0.15) is 0 Å². The Morgan fingerprint density at radius 1 is 1.19 bits per heavy atom. The van der Waals surface area contributed by atoms with Gasteiger partial charge in [-0.3, -0.25) is 4.79 Å². The van der Waals surface area contributed by atoms with Crippen LogP contribution in [0, 0.1) is 0 Å². The van der Waals surface area contributed by atoms with E-state index in [1.165, 1.54) is 6.33 Å². The molecular formula is C19H22N4O4. The number of aromatic nitrogens is 2. The number of benzene rings is 1. The Bertz CT molecular complexity index is 813. The molecule has 2 fully saturated rings. The van der Waals surface area contributed by atoms with E-state index in [-0.39, 0.29) is 5.91 Å². The second-order valence-corrected chi connectivity index (χ2v) is 6.51. The summed E-state index contributed by atoms with van der Waals surface area (Å²) in [5, 5.41) is 2.83. The minimum atomic E-state index is -0.437. The van der Waals surface area contributed by atoms with Crippen molar-refractivity contribution in [3.63, 3.8) is 0 Å². The summed E-state index contributed by atoms with van der Waals surface area (Å²) in [7, 11) is 1.56. The Morgan fingerprint density at radius 2 is 1.93 bits per heavy atom. The Kier molecular flexibility index (Phi) is 4.91. The largest absolute Gasteiger partial charge is 0.495 e. The van der Waals surface area contributed by atoms with Gasteiger partial charge in [0.2, 0.25) is 0 Å². The van der Waals surface area contributed by atoms with Crippen LogP contribution in [0.5, 0.6) is 5.75 Å². The van der Waals surface area contributed by atoms with Crippen LogP contribution >= 0.6 is 0 Å². The molecule has 0 aliphatic carbocycles. The van der Waals surface area contributed by atoms with E-state index >= 15 is 0 Å². The Labute approximate surface area is 157 Å². The topological polar surface area (TPSA) is 85.8 Å². The highest BCUT2D eigenvalue weighted by Crippen LogP contribution is 2.32. The van der Waals surface area contributed by atoms with Gasteiger partial charge in [-0.15, -0.1) is 0 Å². The molecular weight excluding hydrogens is 348 g/mol. The van der Waals surface area contributed by atoms with Gasteiger partial charge in [0.05, 0.1) is 26.0 Å². The number of rotatable bonds is 4. The molecule has 27 heavy (non-hydrogen) atoms. The number of amides is 1. The zero-order chi connectivity index (χ0) is 18.7. The van der Waals surface area contributed by atoms with Crippen LogP contribution < -0.4 is 15.0 Å². The van der Waals surface area contributed by atoms with Crippen molar-refractivity contribution in [2.75, 3.05) is 43.6 Å². The van der Waals surface area contributed by atoms with E-state index in [4.69, 9.17) is 14.2 Å². The molecule has 1 amide bonds. The predicted molar refractivity (Wildman–Crippen MR) is 99.1 cm³/mol. The Balaban J connectivity index is 1.45. The maximum absolute atomic E-state index is 12.6. The van der Waals surface area contributed by atoms with Crippen molar-refractivity contribution < 1.29 is 19.0 Å². The van der Waals surface area contributed by atoms with Crippen molar-refractivity contribution in [1.82, 2.24) is 9.97 Å². The molecule has 0 unspecified atom stereocenters. The Hall–Kier alpha value is -2.71. The summed E-state index contributed by atoms with van der Waals surface area (Å²) < 4.78 is 16.8. The smallest absolute Gasteiger partial charge is 0.274 e. The number of ether oxygens (including phenoxy) is 3. The fourth-order valence-corrected chi connectivity index (χ4v) is 3.44. The standard InChI is InChI=1S/C19H22N4O4/c1-25-16-5-3-2-4-14(16)22-18(24)15-12-17(21-13-20-15)23-8-6-19(7-9-23)26-10-11-27-19/h2-5,12-13H,6-11H2,1H3,(H,22,24). The van der Waals surface area contributed by atoms with Crippen LogP contribution in [-0.4, -0.2) is 55.1 Å². The molecule has 2 saturated heterocycles. The van der Waals surface area contributed by atoms with Crippen LogP contribution in [-0.2, 0) is 9.47 Å². The minimum absolute atomic E-state index is 0.305. The number of para-hydroxylation sites is 2. The van der Waals surface area contributed by atoms with Crippen LogP contribution in [0.15, 0.2) is 36.7 Å². The fraction of sp³-hybridized carbons (Fsp3) is 0.421. The van der Waals surface area contributed by atoms with Crippen LogP contribution in [0.4, 0.5) is 11.5 Å². The van der Waals surface area contributed by atoms with E-state index in [1.807, 2.05) is 12.1 Å². The van der Waals surface area contributed by atoms with Gasteiger partial charge < -0.3 is 24.4 Å². The SMILES string of the molecule is COc1ccccc1NC(=O)c1cc(N2CCC3(CC2)OCCO3)ncn1. The summed E-state index contributed by atoms with van der Waals surface area (Å²) in [5.41, 5.74) is 0.903. The highest BCUT2D eigenvalue weighted by atomic mass is 16.7. The molecule has 8 nitrogen and oxygen atoms in total. The first-order chi connectivity index (χ1) is 13.2. The van der Waals surface area contributed by atoms with Crippen molar-refractivity contribution >= 4 is 17.4 Å². The summed E-state index contributed by atoms with van der Waals surface area (Å²) in [6.07, 6.45) is 2.97. The quantitative estimate of drug-likeness (QED) is 0.882. The van der Waals surface area contributed by atoms with Crippen LogP contribution in [0.1, 0.15) is 23.3 Å². The molecule has 0 bridgehead atoms. The molecule has 1 aromatic heterocycles. The van der Waals surface area contributed by atoms with Gasteiger partial charge in [0.1, 0.15) is 23.6 Å². The van der Waals surface area contributed by atoms with Crippen LogP contribution in [0.2, 0.25) is 0 Å². The van der Waals surface area contributed by atoms with Crippen LogP contribution in [0.25, 0.3) is 0 Å². The molecule has 4 rings (SSSR count). The molecule has 2 aromatic rings. The molecule has 0 atom stereocenters. The first kappa shape index (κ1) is 17.7. The molecule has 2 aliphatic heterocycles. The van der Waals surface area contributed by atoms with Crippen molar-refractivity contribution in [1.29, 1.82) is 0 Å². The van der Waals surface area contributed by atoms with Crippen molar-refractivity contribution in [3.05, 3.63) is 42.4 Å². The normalized spacial score (nSPS) is 18.5. The molecule has 1 aromatic carbocycles.